The molecule has 0 fully saturated rings. The van der Waals surface area contributed by atoms with Crippen LogP contribution >= 0.6 is 11.6 Å². The summed E-state index contributed by atoms with van der Waals surface area (Å²) in [5.74, 6) is 0.616. The number of aromatic nitrogens is 2. The maximum absolute atomic E-state index is 11.7. The highest BCUT2D eigenvalue weighted by Gasteiger charge is 2.06. The number of benzene rings is 1. The van der Waals surface area contributed by atoms with E-state index in [1.807, 2.05) is 13.0 Å². The van der Waals surface area contributed by atoms with Crippen molar-refractivity contribution in [2.75, 3.05) is 10.6 Å². The lowest BCUT2D eigenvalue weighted by molar-refractivity contribution is 0.262. The first-order chi connectivity index (χ1) is 8.56. The Bertz CT molecular complexity index is 579. The molecule has 0 saturated heterocycles. The van der Waals surface area contributed by atoms with Gasteiger partial charge in [-0.1, -0.05) is 17.7 Å². The van der Waals surface area contributed by atoms with E-state index in [0.29, 0.717) is 16.5 Å². The monoisotopic (exact) mass is 264 g/mol. The second-order valence-corrected chi connectivity index (χ2v) is 4.29. The molecule has 0 radical (unpaired) electrons. The van der Waals surface area contributed by atoms with E-state index in [-0.39, 0.29) is 6.03 Å². The molecule has 2 rings (SSSR count). The molecule has 18 heavy (non-hydrogen) atoms. The summed E-state index contributed by atoms with van der Waals surface area (Å²) in [5.41, 5.74) is 1.61. The van der Waals surface area contributed by atoms with Crippen molar-refractivity contribution in [3.05, 3.63) is 41.0 Å². The van der Waals surface area contributed by atoms with Crippen molar-refractivity contribution in [1.82, 2.24) is 9.78 Å². The molecule has 2 aromatic rings. The first-order valence-electron chi connectivity index (χ1n) is 5.38. The van der Waals surface area contributed by atoms with E-state index in [1.165, 1.54) is 0 Å². The number of aryl methyl sites for hydroxylation is 2. The molecule has 0 atom stereocenters. The Morgan fingerprint density at radius 1 is 1.33 bits per heavy atom. The molecule has 2 N–H and O–H groups in total. The Labute approximate surface area is 110 Å². The average molecular weight is 265 g/mol. The number of hydrogen-bond acceptors (Lipinski definition) is 2. The minimum Gasteiger partial charge on any atom is -0.308 e. The SMILES string of the molecule is Cc1ccc(NC(=O)Nc2ccnn2C)cc1Cl. The summed E-state index contributed by atoms with van der Waals surface area (Å²) in [5, 5.41) is 9.95. The van der Waals surface area contributed by atoms with Crippen molar-refractivity contribution in [3.63, 3.8) is 0 Å². The van der Waals surface area contributed by atoms with Crippen LogP contribution in [0.4, 0.5) is 16.3 Å². The number of halogens is 1. The summed E-state index contributed by atoms with van der Waals surface area (Å²) in [6, 6.07) is 6.73. The summed E-state index contributed by atoms with van der Waals surface area (Å²) in [6.07, 6.45) is 1.61. The highest BCUT2D eigenvalue weighted by Crippen LogP contribution is 2.20. The molecule has 0 aliphatic heterocycles. The van der Waals surface area contributed by atoms with Gasteiger partial charge in [-0.3, -0.25) is 10.00 Å². The van der Waals surface area contributed by atoms with Gasteiger partial charge in [0.25, 0.3) is 0 Å². The second-order valence-electron chi connectivity index (χ2n) is 3.88. The van der Waals surface area contributed by atoms with Crippen molar-refractivity contribution in [2.24, 2.45) is 7.05 Å². The number of carbonyl (C=O) groups is 1. The number of rotatable bonds is 2. The Morgan fingerprint density at radius 3 is 2.72 bits per heavy atom. The highest BCUT2D eigenvalue weighted by molar-refractivity contribution is 6.31. The Kier molecular flexibility index (Phi) is 3.53. The number of urea groups is 1. The summed E-state index contributed by atoms with van der Waals surface area (Å²) in [6.45, 7) is 1.90. The molecule has 0 saturated carbocycles. The van der Waals surface area contributed by atoms with Crippen LogP contribution in [0, 0.1) is 6.92 Å². The topological polar surface area (TPSA) is 59.0 Å². The molecular formula is C12H13ClN4O. The van der Waals surface area contributed by atoms with Crippen LogP contribution in [0.15, 0.2) is 30.5 Å². The molecule has 2 amide bonds. The predicted molar refractivity (Wildman–Crippen MR) is 72.0 cm³/mol. The fraction of sp³-hybridized carbons (Fsp3) is 0.167. The molecule has 94 valence electrons. The zero-order valence-electron chi connectivity index (χ0n) is 10.1. The van der Waals surface area contributed by atoms with Crippen molar-refractivity contribution in [1.29, 1.82) is 0 Å². The fourth-order valence-corrected chi connectivity index (χ4v) is 1.63. The van der Waals surface area contributed by atoms with Gasteiger partial charge in [0.1, 0.15) is 5.82 Å². The van der Waals surface area contributed by atoms with E-state index in [1.54, 1.807) is 36.1 Å². The Morgan fingerprint density at radius 2 is 2.11 bits per heavy atom. The lowest BCUT2D eigenvalue weighted by Gasteiger charge is -2.08. The number of hydrogen-bond donors (Lipinski definition) is 2. The minimum atomic E-state index is -0.335. The minimum absolute atomic E-state index is 0.335. The summed E-state index contributed by atoms with van der Waals surface area (Å²) in [4.78, 5) is 11.7. The lowest BCUT2D eigenvalue weighted by Crippen LogP contribution is -2.21. The number of carbonyl (C=O) groups excluding carboxylic acids is 1. The zero-order valence-corrected chi connectivity index (χ0v) is 10.8. The molecule has 1 aromatic heterocycles. The molecule has 0 aliphatic carbocycles. The van der Waals surface area contributed by atoms with Gasteiger partial charge in [0.15, 0.2) is 0 Å². The van der Waals surface area contributed by atoms with Crippen LogP contribution in [0.3, 0.4) is 0 Å². The lowest BCUT2D eigenvalue weighted by atomic mass is 10.2. The molecule has 0 bridgehead atoms. The van der Waals surface area contributed by atoms with Gasteiger partial charge in [-0.05, 0) is 24.6 Å². The van der Waals surface area contributed by atoms with Crippen molar-refractivity contribution in [2.45, 2.75) is 6.92 Å². The molecule has 1 aromatic carbocycles. The maximum Gasteiger partial charge on any atom is 0.324 e. The first kappa shape index (κ1) is 12.4. The van der Waals surface area contributed by atoms with Gasteiger partial charge in [0.05, 0.1) is 6.20 Å². The van der Waals surface area contributed by atoms with E-state index in [2.05, 4.69) is 15.7 Å². The molecule has 0 unspecified atom stereocenters. The van der Waals surface area contributed by atoms with Crippen molar-refractivity contribution < 1.29 is 4.79 Å². The standard InChI is InChI=1S/C12H13ClN4O/c1-8-3-4-9(7-10(8)13)15-12(18)16-11-5-6-14-17(11)2/h3-7H,1-2H3,(H2,15,16,18). The molecule has 5 nitrogen and oxygen atoms in total. The quantitative estimate of drug-likeness (QED) is 0.876. The number of anilines is 2. The Hall–Kier alpha value is -2.01. The summed E-state index contributed by atoms with van der Waals surface area (Å²) < 4.78 is 1.57. The molecule has 0 spiro atoms. The van der Waals surface area contributed by atoms with Crippen LogP contribution in [-0.2, 0) is 7.05 Å². The predicted octanol–water partition coefficient (Wildman–Crippen LogP) is 3.03. The third-order valence-electron chi connectivity index (χ3n) is 2.49. The van der Waals surface area contributed by atoms with Gasteiger partial charge < -0.3 is 5.32 Å². The van der Waals surface area contributed by atoms with E-state index < -0.39 is 0 Å². The maximum atomic E-state index is 11.7. The number of nitrogens with one attached hydrogen (secondary N) is 2. The van der Waals surface area contributed by atoms with Gasteiger partial charge in [-0.15, -0.1) is 0 Å². The number of nitrogens with zero attached hydrogens (tertiary/aromatic N) is 2. The van der Waals surface area contributed by atoms with Gasteiger partial charge in [0, 0.05) is 23.8 Å². The van der Waals surface area contributed by atoms with Crippen LogP contribution in [0.1, 0.15) is 5.56 Å². The Balaban J connectivity index is 2.03. The smallest absolute Gasteiger partial charge is 0.308 e. The highest BCUT2D eigenvalue weighted by atomic mass is 35.5. The van der Waals surface area contributed by atoms with Gasteiger partial charge in [-0.2, -0.15) is 5.10 Å². The van der Waals surface area contributed by atoms with E-state index in [9.17, 15) is 4.79 Å². The van der Waals surface area contributed by atoms with E-state index >= 15 is 0 Å². The van der Waals surface area contributed by atoms with Crippen LogP contribution in [0.25, 0.3) is 0 Å². The largest absolute Gasteiger partial charge is 0.324 e. The molecule has 1 heterocycles. The third kappa shape index (κ3) is 2.81. The van der Waals surface area contributed by atoms with Gasteiger partial charge in [0.2, 0.25) is 0 Å². The zero-order chi connectivity index (χ0) is 13.1. The normalized spacial score (nSPS) is 10.2. The van der Waals surface area contributed by atoms with Crippen LogP contribution in [0.2, 0.25) is 5.02 Å². The van der Waals surface area contributed by atoms with E-state index in [0.717, 1.165) is 5.56 Å². The van der Waals surface area contributed by atoms with Crippen molar-refractivity contribution >= 4 is 29.1 Å². The van der Waals surface area contributed by atoms with Crippen LogP contribution in [0.5, 0.6) is 0 Å². The van der Waals surface area contributed by atoms with Crippen LogP contribution < -0.4 is 10.6 Å². The first-order valence-corrected chi connectivity index (χ1v) is 5.76. The summed E-state index contributed by atoms with van der Waals surface area (Å²) >= 11 is 5.98. The third-order valence-corrected chi connectivity index (χ3v) is 2.90. The fourth-order valence-electron chi connectivity index (χ4n) is 1.45. The molecule has 6 heteroatoms. The summed E-state index contributed by atoms with van der Waals surface area (Å²) in [7, 11) is 1.75. The number of amides is 2. The van der Waals surface area contributed by atoms with Crippen molar-refractivity contribution in [3.8, 4) is 0 Å². The van der Waals surface area contributed by atoms with Gasteiger partial charge >= 0.3 is 6.03 Å². The van der Waals surface area contributed by atoms with E-state index in [4.69, 9.17) is 11.6 Å². The molecular weight excluding hydrogens is 252 g/mol. The average Bonchev–Trinajstić information content (AvgIpc) is 2.70. The second kappa shape index (κ2) is 5.10. The van der Waals surface area contributed by atoms with Gasteiger partial charge in [-0.25, -0.2) is 4.79 Å². The van der Waals surface area contributed by atoms with Crippen LogP contribution in [-0.4, -0.2) is 15.8 Å². The molecule has 0 aliphatic rings.